The summed E-state index contributed by atoms with van der Waals surface area (Å²) < 4.78 is 16.1. The van der Waals surface area contributed by atoms with Crippen LogP contribution in [0.25, 0.3) is 0 Å². The molecule has 0 saturated carbocycles. The average molecular weight is 341 g/mol. The second kappa shape index (κ2) is 5.27. The van der Waals surface area contributed by atoms with Crippen LogP contribution in [0.15, 0.2) is 0 Å². The second-order valence-corrected chi connectivity index (χ2v) is 5.77. The zero-order valence-electron chi connectivity index (χ0n) is 10.5. The Morgan fingerprint density at radius 2 is 1.95 bits per heavy atom. The van der Waals surface area contributed by atoms with Gasteiger partial charge in [0.25, 0.3) is 0 Å². The summed E-state index contributed by atoms with van der Waals surface area (Å²) in [5, 5.41) is 29.4. The number of hydrogen-bond acceptors (Lipinski definition) is 7. The number of ether oxygens (including phenoxy) is 3. The van der Waals surface area contributed by atoms with Crippen molar-refractivity contribution in [1.29, 1.82) is 0 Å². The van der Waals surface area contributed by atoms with Crippen molar-refractivity contribution in [2.75, 3.05) is 5.33 Å². The lowest BCUT2D eigenvalue weighted by Gasteiger charge is -2.26. The molecule has 8 heteroatoms. The summed E-state index contributed by atoms with van der Waals surface area (Å²) in [5.74, 6) is -1.88. The summed E-state index contributed by atoms with van der Waals surface area (Å²) in [5.41, 5.74) is 0. The van der Waals surface area contributed by atoms with E-state index in [0.29, 0.717) is 0 Å². The van der Waals surface area contributed by atoms with Gasteiger partial charge in [-0.3, -0.25) is 0 Å². The van der Waals surface area contributed by atoms with Gasteiger partial charge in [0.2, 0.25) is 0 Å². The molecule has 2 aliphatic heterocycles. The SMILES string of the molecule is CC1(C)O[C@H]([C@H]2OC(=O)[C@@H](O)[C@@H]2O)[C@@H]([C@H](O)CBr)O1. The van der Waals surface area contributed by atoms with Gasteiger partial charge in [0, 0.05) is 5.33 Å². The van der Waals surface area contributed by atoms with E-state index >= 15 is 0 Å². The Morgan fingerprint density at radius 3 is 2.42 bits per heavy atom. The summed E-state index contributed by atoms with van der Waals surface area (Å²) in [6.45, 7) is 3.31. The molecule has 6 atom stereocenters. The summed E-state index contributed by atoms with van der Waals surface area (Å²) in [7, 11) is 0. The van der Waals surface area contributed by atoms with E-state index < -0.39 is 48.4 Å². The van der Waals surface area contributed by atoms with E-state index in [1.54, 1.807) is 13.8 Å². The van der Waals surface area contributed by atoms with E-state index in [0.717, 1.165) is 0 Å². The van der Waals surface area contributed by atoms with Crippen molar-refractivity contribution < 1.29 is 34.3 Å². The van der Waals surface area contributed by atoms with Crippen LogP contribution < -0.4 is 0 Å². The average Bonchev–Trinajstić information content (AvgIpc) is 2.80. The Labute approximate surface area is 118 Å². The molecule has 2 fully saturated rings. The number of rotatable bonds is 3. The fourth-order valence-electron chi connectivity index (χ4n) is 2.31. The van der Waals surface area contributed by atoms with Crippen LogP contribution in [0.3, 0.4) is 0 Å². The molecule has 0 bridgehead atoms. The zero-order valence-corrected chi connectivity index (χ0v) is 12.1. The normalized spacial score (nSPS) is 43.3. The summed E-state index contributed by atoms with van der Waals surface area (Å²) in [4.78, 5) is 11.3. The highest BCUT2D eigenvalue weighted by atomic mass is 79.9. The molecule has 0 aliphatic carbocycles. The first kappa shape index (κ1) is 15.1. The van der Waals surface area contributed by atoms with Crippen molar-refractivity contribution >= 4 is 21.9 Å². The van der Waals surface area contributed by atoms with Gasteiger partial charge in [-0.15, -0.1) is 0 Å². The van der Waals surface area contributed by atoms with Gasteiger partial charge in [-0.1, -0.05) is 15.9 Å². The largest absolute Gasteiger partial charge is 0.455 e. The van der Waals surface area contributed by atoms with Gasteiger partial charge in [0.05, 0.1) is 6.10 Å². The number of carbonyl (C=O) groups excluding carboxylic acids is 1. The van der Waals surface area contributed by atoms with Crippen LogP contribution in [-0.2, 0) is 19.0 Å². The van der Waals surface area contributed by atoms with Gasteiger partial charge in [-0.05, 0) is 13.8 Å². The monoisotopic (exact) mass is 340 g/mol. The molecule has 2 aliphatic rings. The molecule has 0 spiro atoms. The molecule has 0 aromatic rings. The number of cyclic esters (lactones) is 1. The van der Waals surface area contributed by atoms with Crippen LogP contribution in [0.5, 0.6) is 0 Å². The van der Waals surface area contributed by atoms with Gasteiger partial charge >= 0.3 is 5.97 Å². The van der Waals surface area contributed by atoms with Gasteiger partial charge in [0.15, 0.2) is 18.0 Å². The summed E-state index contributed by atoms with van der Waals surface area (Å²) >= 11 is 3.13. The summed E-state index contributed by atoms with van der Waals surface area (Å²) in [6, 6.07) is 0. The van der Waals surface area contributed by atoms with E-state index in [1.165, 1.54) is 0 Å². The molecule has 2 rings (SSSR count). The lowest BCUT2D eigenvalue weighted by molar-refractivity contribution is -0.168. The zero-order chi connectivity index (χ0) is 14.4. The molecule has 0 aromatic carbocycles. The standard InChI is InChI=1S/C11H17BrO7/c1-11(2)18-7(4(13)3-12)9(19-11)8-5(14)6(15)10(16)17-8/h4-9,13-15H,3H2,1-2H3/t4-,5+,6+,7-,8+,9+/m1/s1. The minimum atomic E-state index is -1.60. The maximum Gasteiger partial charge on any atom is 0.338 e. The number of esters is 1. The minimum absolute atomic E-state index is 0.243. The topological polar surface area (TPSA) is 105 Å². The summed E-state index contributed by atoms with van der Waals surface area (Å²) in [6.07, 6.45) is -6.58. The molecule has 2 heterocycles. The molecule has 19 heavy (non-hydrogen) atoms. The highest BCUT2D eigenvalue weighted by Crippen LogP contribution is 2.36. The molecule has 0 amide bonds. The van der Waals surface area contributed by atoms with E-state index in [2.05, 4.69) is 15.9 Å². The van der Waals surface area contributed by atoms with Crippen LogP contribution in [0.2, 0.25) is 0 Å². The van der Waals surface area contributed by atoms with Crippen LogP contribution >= 0.6 is 15.9 Å². The third kappa shape index (κ3) is 2.79. The number of aliphatic hydroxyl groups excluding tert-OH is 3. The number of hydrogen-bond donors (Lipinski definition) is 3. The highest BCUT2D eigenvalue weighted by molar-refractivity contribution is 9.09. The third-order valence-corrected chi connectivity index (χ3v) is 3.84. The Bertz CT molecular complexity index is 361. The van der Waals surface area contributed by atoms with E-state index in [4.69, 9.17) is 14.2 Å². The fourth-order valence-corrected chi connectivity index (χ4v) is 2.68. The Kier molecular flexibility index (Phi) is 4.20. The Hall–Kier alpha value is -0.250. The van der Waals surface area contributed by atoms with Gasteiger partial charge in [0.1, 0.15) is 18.3 Å². The lowest BCUT2D eigenvalue weighted by Crippen LogP contribution is -2.48. The molecule has 2 saturated heterocycles. The first-order valence-electron chi connectivity index (χ1n) is 5.93. The quantitative estimate of drug-likeness (QED) is 0.442. The van der Waals surface area contributed by atoms with E-state index in [1.807, 2.05) is 0 Å². The highest BCUT2D eigenvalue weighted by Gasteiger charge is 2.56. The maximum atomic E-state index is 11.3. The Morgan fingerprint density at radius 1 is 1.32 bits per heavy atom. The number of aliphatic hydroxyl groups is 3. The molecule has 0 unspecified atom stereocenters. The van der Waals surface area contributed by atoms with Crippen molar-refractivity contribution in [3.8, 4) is 0 Å². The Balaban J connectivity index is 2.19. The predicted octanol–water partition coefficient (Wildman–Crippen LogP) is -1.09. The van der Waals surface area contributed by atoms with Crippen molar-refractivity contribution in [1.82, 2.24) is 0 Å². The number of carbonyl (C=O) groups is 1. The van der Waals surface area contributed by atoms with Crippen LogP contribution in [-0.4, -0.2) is 69.0 Å². The van der Waals surface area contributed by atoms with Crippen molar-refractivity contribution in [3.05, 3.63) is 0 Å². The van der Waals surface area contributed by atoms with E-state index in [9.17, 15) is 20.1 Å². The molecule has 7 nitrogen and oxygen atoms in total. The van der Waals surface area contributed by atoms with Crippen molar-refractivity contribution in [2.24, 2.45) is 0 Å². The molecule has 0 radical (unpaired) electrons. The van der Waals surface area contributed by atoms with Crippen LogP contribution in [0.1, 0.15) is 13.8 Å². The predicted molar refractivity (Wildman–Crippen MR) is 65.5 cm³/mol. The van der Waals surface area contributed by atoms with Crippen LogP contribution in [0.4, 0.5) is 0 Å². The minimum Gasteiger partial charge on any atom is -0.455 e. The smallest absolute Gasteiger partial charge is 0.338 e. The lowest BCUT2D eigenvalue weighted by atomic mass is 9.99. The van der Waals surface area contributed by atoms with Gasteiger partial charge in [-0.2, -0.15) is 0 Å². The van der Waals surface area contributed by atoms with Crippen molar-refractivity contribution in [3.63, 3.8) is 0 Å². The molecular formula is C11H17BrO7. The first-order valence-corrected chi connectivity index (χ1v) is 7.05. The molecular weight excluding hydrogens is 324 g/mol. The van der Waals surface area contributed by atoms with Gasteiger partial charge < -0.3 is 29.5 Å². The van der Waals surface area contributed by atoms with Gasteiger partial charge in [-0.25, -0.2) is 4.79 Å². The number of halogens is 1. The molecule has 0 aromatic heterocycles. The molecule has 110 valence electrons. The first-order chi connectivity index (χ1) is 8.76. The molecule has 3 N–H and O–H groups in total. The van der Waals surface area contributed by atoms with E-state index in [-0.39, 0.29) is 5.33 Å². The fraction of sp³-hybridized carbons (Fsp3) is 0.909. The third-order valence-electron chi connectivity index (χ3n) is 3.18. The number of alkyl halides is 1. The second-order valence-electron chi connectivity index (χ2n) is 5.12. The van der Waals surface area contributed by atoms with Crippen LogP contribution in [0, 0.1) is 0 Å². The van der Waals surface area contributed by atoms with Crippen molar-refractivity contribution in [2.45, 2.75) is 56.3 Å². The maximum absolute atomic E-state index is 11.3.